The number of benzene rings is 2. The molecule has 2 aromatic carbocycles. The molecule has 0 aliphatic carbocycles. The first-order valence-electron chi connectivity index (χ1n) is 6.24. The highest BCUT2D eigenvalue weighted by Gasteiger charge is 2.14. The molecule has 4 heteroatoms. The van der Waals surface area contributed by atoms with Crippen LogP contribution in [-0.2, 0) is 4.74 Å². The SMILES string of the molecule is COC(=O)c1cc(Oc2cccc(C)c2)cc(C)c1N. The quantitative estimate of drug-likeness (QED) is 0.686. The van der Waals surface area contributed by atoms with Crippen LogP contribution in [0.4, 0.5) is 5.69 Å². The number of hydrogen-bond acceptors (Lipinski definition) is 4. The molecule has 0 saturated heterocycles. The third-order valence-corrected chi connectivity index (χ3v) is 2.99. The number of nitrogen functional groups attached to an aromatic ring is 1. The van der Waals surface area contributed by atoms with E-state index in [-0.39, 0.29) is 0 Å². The Hall–Kier alpha value is -2.49. The van der Waals surface area contributed by atoms with Crippen molar-refractivity contribution < 1.29 is 14.3 Å². The second-order valence-electron chi connectivity index (χ2n) is 4.61. The van der Waals surface area contributed by atoms with Crippen LogP contribution in [-0.4, -0.2) is 13.1 Å². The van der Waals surface area contributed by atoms with Crippen LogP contribution < -0.4 is 10.5 Å². The molecular formula is C16H17NO3. The van der Waals surface area contributed by atoms with Gasteiger partial charge in [-0.05, 0) is 49.2 Å². The minimum Gasteiger partial charge on any atom is -0.465 e. The van der Waals surface area contributed by atoms with Crippen molar-refractivity contribution in [3.63, 3.8) is 0 Å². The number of carbonyl (C=O) groups excluding carboxylic acids is 1. The zero-order valence-electron chi connectivity index (χ0n) is 11.8. The number of nitrogens with two attached hydrogens (primary N) is 1. The molecule has 2 aromatic rings. The second kappa shape index (κ2) is 5.65. The fourth-order valence-corrected chi connectivity index (χ4v) is 1.92. The van der Waals surface area contributed by atoms with E-state index in [0.717, 1.165) is 11.1 Å². The lowest BCUT2D eigenvalue weighted by molar-refractivity contribution is 0.0601. The van der Waals surface area contributed by atoms with E-state index < -0.39 is 5.97 Å². The van der Waals surface area contributed by atoms with Gasteiger partial charge < -0.3 is 15.2 Å². The van der Waals surface area contributed by atoms with Gasteiger partial charge in [-0.15, -0.1) is 0 Å². The lowest BCUT2D eigenvalue weighted by Gasteiger charge is -2.12. The Labute approximate surface area is 118 Å². The summed E-state index contributed by atoms with van der Waals surface area (Å²) in [5.74, 6) is 0.799. The van der Waals surface area contributed by atoms with Gasteiger partial charge in [0.05, 0.1) is 12.7 Å². The summed E-state index contributed by atoms with van der Waals surface area (Å²) in [5.41, 5.74) is 8.49. The zero-order chi connectivity index (χ0) is 14.7. The van der Waals surface area contributed by atoms with Gasteiger partial charge in [-0.3, -0.25) is 0 Å². The molecule has 0 spiro atoms. The third kappa shape index (κ3) is 2.91. The van der Waals surface area contributed by atoms with Gasteiger partial charge in [0.15, 0.2) is 0 Å². The van der Waals surface area contributed by atoms with Crippen LogP contribution in [0.1, 0.15) is 21.5 Å². The van der Waals surface area contributed by atoms with Crippen molar-refractivity contribution in [1.29, 1.82) is 0 Å². The largest absolute Gasteiger partial charge is 0.465 e. The zero-order valence-corrected chi connectivity index (χ0v) is 11.8. The molecule has 0 aliphatic rings. The van der Waals surface area contributed by atoms with Gasteiger partial charge in [-0.2, -0.15) is 0 Å². The van der Waals surface area contributed by atoms with Crippen molar-refractivity contribution in [3.8, 4) is 11.5 Å². The molecule has 0 bridgehead atoms. The molecule has 0 unspecified atom stereocenters. The Balaban J connectivity index is 2.38. The number of methoxy groups -OCH3 is 1. The number of carbonyl (C=O) groups is 1. The molecule has 4 nitrogen and oxygen atoms in total. The first-order valence-corrected chi connectivity index (χ1v) is 6.24. The highest BCUT2D eigenvalue weighted by molar-refractivity contribution is 5.96. The second-order valence-corrected chi connectivity index (χ2v) is 4.61. The predicted octanol–water partition coefficient (Wildman–Crippen LogP) is 3.46. The fraction of sp³-hybridized carbons (Fsp3) is 0.188. The van der Waals surface area contributed by atoms with Gasteiger partial charge in [0.1, 0.15) is 11.5 Å². The number of rotatable bonds is 3. The molecule has 0 heterocycles. The minimum absolute atomic E-state index is 0.315. The predicted molar refractivity (Wildman–Crippen MR) is 78.2 cm³/mol. The maximum atomic E-state index is 11.7. The Kier molecular flexibility index (Phi) is 3.94. The van der Waals surface area contributed by atoms with Crippen LogP contribution in [0.25, 0.3) is 0 Å². The summed E-state index contributed by atoms with van der Waals surface area (Å²) in [6.07, 6.45) is 0. The van der Waals surface area contributed by atoms with Crippen molar-refractivity contribution in [3.05, 3.63) is 53.1 Å². The maximum Gasteiger partial charge on any atom is 0.340 e. The van der Waals surface area contributed by atoms with Crippen LogP contribution in [0.2, 0.25) is 0 Å². The van der Waals surface area contributed by atoms with Gasteiger partial charge >= 0.3 is 5.97 Å². The summed E-state index contributed by atoms with van der Waals surface area (Å²) in [6, 6.07) is 11.1. The van der Waals surface area contributed by atoms with E-state index in [1.807, 2.05) is 38.1 Å². The Morgan fingerprint density at radius 3 is 2.50 bits per heavy atom. The van der Waals surface area contributed by atoms with Crippen molar-refractivity contribution in [1.82, 2.24) is 0 Å². The summed E-state index contributed by atoms with van der Waals surface area (Å²) < 4.78 is 10.5. The van der Waals surface area contributed by atoms with Crippen molar-refractivity contribution in [2.45, 2.75) is 13.8 Å². The van der Waals surface area contributed by atoms with E-state index in [1.165, 1.54) is 7.11 Å². The summed E-state index contributed by atoms with van der Waals surface area (Å²) in [6.45, 7) is 3.81. The molecule has 0 amide bonds. The normalized spacial score (nSPS) is 10.2. The van der Waals surface area contributed by atoms with Crippen LogP contribution in [0.15, 0.2) is 36.4 Å². The Morgan fingerprint density at radius 1 is 1.10 bits per heavy atom. The minimum atomic E-state index is -0.472. The molecule has 0 atom stereocenters. The van der Waals surface area contributed by atoms with E-state index in [2.05, 4.69) is 0 Å². The highest BCUT2D eigenvalue weighted by atomic mass is 16.5. The molecule has 0 saturated carbocycles. The van der Waals surface area contributed by atoms with Crippen LogP contribution in [0.3, 0.4) is 0 Å². The number of ether oxygens (including phenoxy) is 2. The summed E-state index contributed by atoms with van der Waals surface area (Å²) in [5, 5.41) is 0. The van der Waals surface area contributed by atoms with Crippen LogP contribution >= 0.6 is 0 Å². The summed E-state index contributed by atoms with van der Waals surface area (Å²) in [7, 11) is 1.32. The molecule has 2 N–H and O–H groups in total. The van der Waals surface area contributed by atoms with E-state index in [1.54, 1.807) is 12.1 Å². The molecule has 0 radical (unpaired) electrons. The first-order chi connectivity index (χ1) is 9.51. The van der Waals surface area contributed by atoms with E-state index >= 15 is 0 Å². The number of hydrogen-bond donors (Lipinski definition) is 1. The summed E-state index contributed by atoms with van der Waals surface area (Å²) in [4.78, 5) is 11.7. The number of aryl methyl sites for hydroxylation is 2. The van der Waals surface area contributed by atoms with Gasteiger partial charge in [-0.25, -0.2) is 4.79 Å². The number of esters is 1. The van der Waals surface area contributed by atoms with Crippen molar-refractivity contribution in [2.75, 3.05) is 12.8 Å². The fourth-order valence-electron chi connectivity index (χ4n) is 1.92. The monoisotopic (exact) mass is 271 g/mol. The lowest BCUT2D eigenvalue weighted by Crippen LogP contribution is -2.07. The van der Waals surface area contributed by atoms with Gasteiger partial charge in [0.25, 0.3) is 0 Å². The summed E-state index contributed by atoms with van der Waals surface area (Å²) >= 11 is 0. The van der Waals surface area contributed by atoms with E-state index in [9.17, 15) is 4.79 Å². The van der Waals surface area contributed by atoms with Gasteiger partial charge in [0, 0.05) is 5.69 Å². The molecular weight excluding hydrogens is 254 g/mol. The van der Waals surface area contributed by atoms with Crippen LogP contribution in [0.5, 0.6) is 11.5 Å². The Bertz CT molecular complexity index is 650. The van der Waals surface area contributed by atoms with Crippen molar-refractivity contribution in [2.24, 2.45) is 0 Å². The van der Waals surface area contributed by atoms with E-state index in [0.29, 0.717) is 22.7 Å². The molecule has 2 rings (SSSR count). The first kappa shape index (κ1) is 13.9. The highest BCUT2D eigenvalue weighted by Crippen LogP contribution is 2.29. The molecule has 0 aliphatic heterocycles. The average Bonchev–Trinajstić information content (AvgIpc) is 2.42. The molecule has 0 fully saturated rings. The Morgan fingerprint density at radius 2 is 1.85 bits per heavy atom. The lowest BCUT2D eigenvalue weighted by atomic mass is 10.1. The smallest absolute Gasteiger partial charge is 0.340 e. The maximum absolute atomic E-state index is 11.7. The molecule has 20 heavy (non-hydrogen) atoms. The average molecular weight is 271 g/mol. The number of anilines is 1. The van der Waals surface area contributed by atoms with Crippen molar-refractivity contribution >= 4 is 11.7 Å². The standard InChI is InChI=1S/C16H17NO3/c1-10-5-4-6-12(7-10)20-13-8-11(2)15(17)14(9-13)16(18)19-3/h4-9H,17H2,1-3H3. The van der Waals surface area contributed by atoms with Crippen LogP contribution in [0, 0.1) is 13.8 Å². The molecule has 0 aromatic heterocycles. The topological polar surface area (TPSA) is 61.5 Å². The molecule has 104 valence electrons. The van der Waals surface area contributed by atoms with Gasteiger partial charge in [-0.1, -0.05) is 12.1 Å². The third-order valence-electron chi connectivity index (χ3n) is 2.99. The van der Waals surface area contributed by atoms with E-state index in [4.69, 9.17) is 15.2 Å². The van der Waals surface area contributed by atoms with Gasteiger partial charge in [0.2, 0.25) is 0 Å².